The van der Waals surface area contributed by atoms with Crippen molar-refractivity contribution in [1.29, 1.82) is 0 Å². The molecule has 0 radical (unpaired) electrons. The van der Waals surface area contributed by atoms with Crippen LogP contribution in [0.2, 0.25) is 0 Å². The lowest BCUT2D eigenvalue weighted by Crippen LogP contribution is -2.61. The second kappa shape index (κ2) is 36.2. The Kier molecular flexibility index (Phi) is 29.4. The molecule has 19 N–H and O–H groups in total. The maximum absolute atomic E-state index is 14.6. The van der Waals surface area contributed by atoms with Gasteiger partial charge in [0.15, 0.2) is 0 Å². The summed E-state index contributed by atoms with van der Waals surface area (Å²) < 4.78 is 0. The number of benzene rings is 3. The largest absolute Gasteiger partial charge is 0.508 e. The van der Waals surface area contributed by atoms with Gasteiger partial charge in [-0.25, -0.2) is 4.79 Å². The van der Waals surface area contributed by atoms with Gasteiger partial charge in [0.05, 0.1) is 19.6 Å². The van der Waals surface area contributed by atoms with Crippen LogP contribution in [0.5, 0.6) is 5.75 Å². The standard InChI is InChI=1S/C58H82N12O15/c1-34(49(75)69-46(58(84)85)30-36-18-10-7-11-19-36)62-51(77)40-20-12-4-2-3-5-13-21-41(63-50(76)39(60)32-71)52(78)64-42(22-14-15-27-59)53(79)66-44(29-37-23-25-38(73)26-24-37)54(80)67-43(28-35-16-8-6-9-17-35)55(81)70-47(33-72)57(83)68-45(31-48(61)74)56(82)65-40/h6-11,16-19,23-26,34,39-47,71-73H,2-5,12-15,20-22,27-33,59-60H2,1H3,(H2,61,74)(H,62,77)(H,63,76)(H,64,78)(H,65,82)(H,66,79)(H,67,80)(H,68,83)(H,69,75)(H,70,81)(H,84,85)/t34-,39-,40?,41?,42-,43?,44?,45?,46-,47-/m0/s1. The fourth-order valence-electron chi connectivity index (χ4n) is 9.17. The molecule has 10 atom stereocenters. The Bertz CT molecular complexity index is 2710. The van der Waals surface area contributed by atoms with Gasteiger partial charge in [0.1, 0.15) is 66.2 Å². The van der Waals surface area contributed by atoms with Crippen LogP contribution in [0.25, 0.3) is 0 Å². The van der Waals surface area contributed by atoms with Crippen LogP contribution in [-0.4, -0.2) is 166 Å². The molecule has 10 amide bonds. The number of carboxylic acids is 1. The van der Waals surface area contributed by atoms with E-state index in [-0.39, 0.29) is 57.2 Å². The van der Waals surface area contributed by atoms with Gasteiger partial charge in [-0.2, -0.15) is 0 Å². The normalized spacial score (nSPS) is 22.2. The number of nitrogens with one attached hydrogen (secondary N) is 9. The summed E-state index contributed by atoms with van der Waals surface area (Å²) in [5.74, 6) is -11.0. The molecule has 1 heterocycles. The quantitative estimate of drug-likeness (QED) is 0.0484. The molecule has 0 aliphatic carbocycles. The SMILES string of the molecule is C[C@H](NC(=O)C1CCCCCCCCC(NC(=O)[C@@H](N)CO)C(=O)N[C@@H](CCCCN)C(=O)NC(Cc2ccc(O)cc2)C(=O)NC(Cc2ccccc2)C(=O)N[C@@H](CO)C(=O)NC(CC(N)=O)C(=O)N1)C(=O)N[C@@H](Cc1ccccc1)C(=O)O. The first-order valence-electron chi connectivity index (χ1n) is 28.4. The van der Waals surface area contributed by atoms with Crippen LogP contribution in [0, 0.1) is 0 Å². The number of aliphatic carboxylic acids is 1. The lowest BCUT2D eigenvalue weighted by molar-refractivity contribution is -0.142. The highest BCUT2D eigenvalue weighted by molar-refractivity contribution is 5.99. The number of rotatable bonds is 21. The van der Waals surface area contributed by atoms with E-state index in [1.807, 2.05) is 0 Å². The van der Waals surface area contributed by atoms with Crippen molar-refractivity contribution in [1.82, 2.24) is 47.9 Å². The second-order valence-electron chi connectivity index (χ2n) is 20.9. The van der Waals surface area contributed by atoms with Crippen LogP contribution in [0.1, 0.15) is 101 Å². The zero-order valence-electron chi connectivity index (χ0n) is 47.6. The van der Waals surface area contributed by atoms with Crippen LogP contribution in [-0.2, 0) is 72.0 Å². The first-order chi connectivity index (χ1) is 40.6. The number of phenolic OH excluding ortho intramolecular Hbond substituents is 1. The molecule has 0 aromatic heterocycles. The Balaban J connectivity index is 1.73. The minimum Gasteiger partial charge on any atom is -0.508 e. The topological polar surface area (TPSA) is 455 Å². The van der Waals surface area contributed by atoms with Crippen LogP contribution < -0.4 is 65.1 Å². The maximum Gasteiger partial charge on any atom is 0.326 e. The summed E-state index contributed by atoms with van der Waals surface area (Å²) in [7, 11) is 0. The Labute approximate surface area is 492 Å². The van der Waals surface area contributed by atoms with Crippen molar-refractivity contribution in [2.24, 2.45) is 17.2 Å². The number of hydrogen-bond acceptors (Lipinski definition) is 16. The number of aromatic hydroxyl groups is 1. The average Bonchev–Trinajstić information content (AvgIpc) is 3.66. The molecule has 3 aromatic rings. The molecule has 464 valence electrons. The van der Waals surface area contributed by atoms with Crippen LogP contribution in [0.4, 0.5) is 0 Å². The number of aliphatic hydroxyl groups excluding tert-OH is 2. The van der Waals surface area contributed by atoms with Gasteiger partial charge in [0.25, 0.3) is 0 Å². The fraction of sp³-hybridized carbons (Fsp3) is 0.500. The van der Waals surface area contributed by atoms with Gasteiger partial charge >= 0.3 is 5.97 Å². The summed E-state index contributed by atoms with van der Waals surface area (Å²) in [6, 6.07) is 7.60. The molecule has 1 saturated heterocycles. The summed E-state index contributed by atoms with van der Waals surface area (Å²) >= 11 is 0. The maximum atomic E-state index is 14.6. The molecule has 4 rings (SSSR count). The first-order valence-corrected chi connectivity index (χ1v) is 28.4. The molecule has 1 aliphatic rings. The van der Waals surface area contributed by atoms with E-state index in [1.54, 1.807) is 60.7 Å². The molecule has 0 bridgehead atoms. The molecule has 1 aliphatic heterocycles. The monoisotopic (exact) mass is 1190 g/mol. The second-order valence-corrected chi connectivity index (χ2v) is 20.9. The summed E-state index contributed by atoms with van der Waals surface area (Å²) in [5, 5.41) is 62.9. The molecule has 0 spiro atoms. The minimum atomic E-state index is -1.86. The zero-order chi connectivity index (χ0) is 62.4. The molecule has 1 fully saturated rings. The van der Waals surface area contributed by atoms with E-state index in [2.05, 4.69) is 47.9 Å². The number of aliphatic hydroxyl groups is 2. The van der Waals surface area contributed by atoms with E-state index in [0.29, 0.717) is 61.6 Å². The number of carboxylic acid groups (broad SMARTS) is 1. The minimum absolute atomic E-state index is 0.0173. The number of primary amides is 1. The highest BCUT2D eigenvalue weighted by Gasteiger charge is 2.36. The third-order valence-corrected chi connectivity index (χ3v) is 14.0. The number of nitrogens with two attached hydrogens (primary N) is 3. The Morgan fingerprint density at radius 2 is 1.08 bits per heavy atom. The molecular weight excluding hydrogens is 1100 g/mol. The van der Waals surface area contributed by atoms with Gasteiger partial charge in [-0.05, 0) is 74.4 Å². The molecule has 3 aromatic carbocycles. The van der Waals surface area contributed by atoms with E-state index >= 15 is 0 Å². The predicted octanol–water partition coefficient (Wildman–Crippen LogP) is -2.66. The van der Waals surface area contributed by atoms with Gasteiger partial charge in [0.2, 0.25) is 59.1 Å². The number of hydrogen-bond donors (Lipinski definition) is 16. The van der Waals surface area contributed by atoms with Crippen LogP contribution in [0.15, 0.2) is 84.9 Å². The summed E-state index contributed by atoms with van der Waals surface area (Å²) in [6.07, 6.45) is 2.04. The predicted molar refractivity (Wildman–Crippen MR) is 309 cm³/mol. The Morgan fingerprint density at radius 1 is 0.588 bits per heavy atom. The van der Waals surface area contributed by atoms with Crippen molar-refractivity contribution >= 4 is 65.0 Å². The van der Waals surface area contributed by atoms with Crippen molar-refractivity contribution in [3.63, 3.8) is 0 Å². The van der Waals surface area contributed by atoms with Gasteiger partial charge in [-0.3, -0.25) is 47.9 Å². The first kappa shape index (κ1) is 69.0. The van der Waals surface area contributed by atoms with Gasteiger partial charge in [0, 0.05) is 19.3 Å². The number of unbranched alkanes of at least 4 members (excludes halogenated alkanes) is 1. The molecular formula is C58H82N12O15. The third-order valence-electron chi connectivity index (χ3n) is 14.0. The summed E-state index contributed by atoms with van der Waals surface area (Å²) in [6.45, 7) is -0.299. The van der Waals surface area contributed by atoms with Gasteiger partial charge in [-0.15, -0.1) is 0 Å². The van der Waals surface area contributed by atoms with E-state index in [1.165, 1.54) is 31.2 Å². The molecule has 85 heavy (non-hydrogen) atoms. The van der Waals surface area contributed by atoms with E-state index < -0.39 is 145 Å². The van der Waals surface area contributed by atoms with Crippen molar-refractivity contribution in [2.45, 2.75) is 164 Å². The van der Waals surface area contributed by atoms with Crippen molar-refractivity contribution in [3.8, 4) is 5.75 Å². The van der Waals surface area contributed by atoms with E-state index in [4.69, 9.17) is 17.2 Å². The lowest BCUT2D eigenvalue weighted by Gasteiger charge is -2.28. The van der Waals surface area contributed by atoms with Gasteiger partial charge < -0.3 is 85.5 Å². The highest BCUT2D eigenvalue weighted by Crippen LogP contribution is 2.16. The van der Waals surface area contributed by atoms with Crippen LogP contribution >= 0.6 is 0 Å². The smallest absolute Gasteiger partial charge is 0.326 e. The average molecular weight is 1190 g/mol. The number of carbonyl (C=O) groups excluding carboxylic acids is 10. The molecule has 0 saturated carbocycles. The Hall–Kier alpha value is -8.53. The highest BCUT2D eigenvalue weighted by atomic mass is 16.4. The number of carbonyl (C=O) groups is 11. The van der Waals surface area contributed by atoms with E-state index in [9.17, 15) is 73.2 Å². The Morgan fingerprint density at radius 3 is 1.64 bits per heavy atom. The summed E-state index contributed by atoms with van der Waals surface area (Å²) in [4.78, 5) is 151. The lowest BCUT2D eigenvalue weighted by atomic mass is 10.0. The van der Waals surface area contributed by atoms with Crippen molar-refractivity contribution in [3.05, 3.63) is 102 Å². The van der Waals surface area contributed by atoms with Crippen molar-refractivity contribution in [2.75, 3.05) is 19.8 Å². The number of phenols is 1. The van der Waals surface area contributed by atoms with Gasteiger partial charge in [-0.1, -0.05) is 111 Å². The zero-order valence-corrected chi connectivity index (χ0v) is 47.6. The van der Waals surface area contributed by atoms with E-state index in [0.717, 1.165) is 0 Å². The third kappa shape index (κ3) is 24.3. The molecule has 27 heteroatoms. The number of amides is 10. The van der Waals surface area contributed by atoms with Crippen molar-refractivity contribution < 1.29 is 73.2 Å². The van der Waals surface area contributed by atoms with Crippen LogP contribution in [0.3, 0.4) is 0 Å². The fourth-order valence-corrected chi connectivity index (χ4v) is 9.17. The summed E-state index contributed by atoms with van der Waals surface area (Å²) in [5.41, 5.74) is 18.7. The molecule has 5 unspecified atom stereocenters. The molecule has 27 nitrogen and oxygen atoms in total.